The second-order valence-electron chi connectivity index (χ2n) is 3.60. The third kappa shape index (κ3) is 2.22. The van der Waals surface area contributed by atoms with Crippen LogP contribution in [0.3, 0.4) is 0 Å². The molecule has 0 aliphatic heterocycles. The fourth-order valence-electron chi connectivity index (χ4n) is 1.54. The lowest BCUT2D eigenvalue weighted by Gasteiger charge is -2.03. The van der Waals surface area contributed by atoms with Gasteiger partial charge in [-0.05, 0) is 18.2 Å². The molecule has 0 saturated heterocycles. The number of carbonyl (C=O) groups excluding carboxylic acids is 1. The van der Waals surface area contributed by atoms with E-state index in [1.54, 1.807) is 13.8 Å². The third-order valence-electron chi connectivity index (χ3n) is 2.37. The third-order valence-corrected chi connectivity index (χ3v) is 2.37. The molecule has 0 aliphatic carbocycles. The molecular formula is C12H11FN2O2. The number of halogens is 1. The van der Waals surface area contributed by atoms with Gasteiger partial charge in [0.2, 0.25) is 11.7 Å². The average molecular weight is 234 g/mol. The largest absolute Gasteiger partial charge is 0.339 e. The van der Waals surface area contributed by atoms with Crippen LogP contribution in [0.2, 0.25) is 0 Å². The molecule has 0 unspecified atom stereocenters. The van der Waals surface area contributed by atoms with Gasteiger partial charge in [-0.2, -0.15) is 4.98 Å². The van der Waals surface area contributed by atoms with Crippen molar-refractivity contribution in [1.29, 1.82) is 0 Å². The molecule has 0 amide bonds. The lowest BCUT2D eigenvalue weighted by molar-refractivity contribution is 0.0988. The number of aromatic nitrogens is 2. The lowest BCUT2D eigenvalue weighted by atomic mass is 10.0. The van der Waals surface area contributed by atoms with Crippen LogP contribution in [0.5, 0.6) is 0 Å². The zero-order chi connectivity index (χ0) is 12.4. The fourth-order valence-corrected chi connectivity index (χ4v) is 1.54. The Morgan fingerprint density at radius 1 is 1.47 bits per heavy atom. The summed E-state index contributed by atoms with van der Waals surface area (Å²) in [5.74, 6) is 0.0931. The summed E-state index contributed by atoms with van der Waals surface area (Å²) in [4.78, 5) is 15.7. The summed E-state index contributed by atoms with van der Waals surface area (Å²) in [5.41, 5.74) is 0.781. The van der Waals surface area contributed by atoms with E-state index >= 15 is 0 Å². The van der Waals surface area contributed by atoms with Gasteiger partial charge < -0.3 is 4.52 Å². The molecule has 0 atom stereocenters. The Labute approximate surface area is 97.5 Å². The Balaban J connectivity index is 2.58. The number of benzene rings is 1. The zero-order valence-electron chi connectivity index (χ0n) is 9.53. The highest BCUT2D eigenvalue weighted by atomic mass is 19.1. The molecule has 1 aromatic carbocycles. The summed E-state index contributed by atoms with van der Waals surface area (Å²) in [5, 5.41) is 3.70. The molecule has 0 N–H and O–H groups in total. The van der Waals surface area contributed by atoms with E-state index < -0.39 is 5.82 Å². The van der Waals surface area contributed by atoms with Crippen molar-refractivity contribution in [3.8, 4) is 11.4 Å². The SMILES string of the molecule is CCC(=O)c1ccc(F)cc1-c1noc(C)n1. The summed E-state index contributed by atoms with van der Waals surface area (Å²) in [6.45, 7) is 3.38. The number of ketones is 1. The van der Waals surface area contributed by atoms with Crippen LogP contribution in [0.25, 0.3) is 11.4 Å². The molecule has 0 fully saturated rings. The second kappa shape index (κ2) is 4.45. The maximum Gasteiger partial charge on any atom is 0.223 e. The van der Waals surface area contributed by atoms with Crippen LogP contribution in [-0.4, -0.2) is 15.9 Å². The van der Waals surface area contributed by atoms with E-state index in [2.05, 4.69) is 10.1 Å². The molecule has 88 valence electrons. The van der Waals surface area contributed by atoms with Crippen LogP contribution in [0.4, 0.5) is 4.39 Å². The van der Waals surface area contributed by atoms with Crippen molar-refractivity contribution in [2.24, 2.45) is 0 Å². The maximum absolute atomic E-state index is 13.2. The minimum absolute atomic E-state index is 0.0811. The molecule has 0 bridgehead atoms. The van der Waals surface area contributed by atoms with Crippen LogP contribution in [0.1, 0.15) is 29.6 Å². The van der Waals surface area contributed by atoms with E-state index in [0.717, 1.165) is 0 Å². The highest BCUT2D eigenvalue weighted by Crippen LogP contribution is 2.23. The number of hydrogen-bond donors (Lipinski definition) is 0. The van der Waals surface area contributed by atoms with Gasteiger partial charge in [0.05, 0.1) is 0 Å². The normalized spacial score (nSPS) is 10.5. The second-order valence-corrected chi connectivity index (χ2v) is 3.60. The van der Waals surface area contributed by atoms with Gasteiger partial charge in [0.25, 0.3) is 0 Å². The van der Waals surface area contributed by atoms with Gasteiger partial charge >= 0.3 is 0 Å². The maximum atomic E-state index is 13.2. The van der Waals surface area contributed by atoms with E-state index in [9.17, 15) is 9.18 Å². The molecule has 0 spiro atoms. The first-order chi connectivity index (χ1) is 8.11. The van der Waals surface area contributed by atoms with Gasteiger partial charge in [-0.25, -0.2) is 4.39 Å². The van der Waals surface area contributed by atoms with Crippen molar-refractivity contribution in [3.63, 3.8) is 0 Å². The molecule has 1 heterocycles. The van der Waals surface area contributed by atoms with Gasteiger partial charge in [0.15, 0.2) is 5.78 Å². The van der Waals surface area contributed by atoms with Gasteiger partial charge in [-0.3, -0.25) is 4.79 Å². The van der Waals surface area contributed by atoms with E-state index in [-0.39, 0.29) is 11.6 Å². The highest BCUT2D eigenvalue weighted by molar-refractivity contribution is 6.01. The van der Waals surface area contributed by atoms with Crippen LogP contribution in [0.15, 0.2) is 22.7 Å². The van der Waals surface area contributed by atoms with Gasteiger partial charge in [0.1, 0.15) is 5.82 Å². The highest BCUT2D eigenvalue weighted by Gasteiger charge is 2.16. The van der Waals surface area contributed by atoms with Crippen molar-refractivity contribution < 1.29 is 13.7 Å². The molecular weight excluding hydrogens is 223 g/mol. The molecule has 2 rings (SSSR count). The Morgan fingerprint density at radius 2 is 2.24 bits per heavy atom. The first-order valence-electron chi connectivity index (χ1n) is 5.25. The molecule has 5 heteroatoms. The Hall–Kier alpha value is -2.04. The van der Waals surface area contributed by atoms with E-state index in [1.165, 1.54) is 18.2 Å². The van der Waals surface area contributed by atoms with E-state index in [4.69, 9.17) is 4.52 Å². The predicted molar refractivity (Wildman–Crippen MR) is 59.1 cm³/mol. The summed E-state index contributed by atoms with van der Waals surface area (Å²) in [6, 6.07) is 3.94. The summed E-state index contributed by atoms with van der Waals surface area (Å²) in [7, 11) is 0. The molecule has 17 heavy (non-hydrogen) atoms. The van der Waals surface area contributed by atoms with Crippen LogP contribution < -0.4 is 0 Å². The van der Waals surface area contributed by atoms with Gasteiger partial charge in [-0.15, -0.1) is 0 Å². The molecule has 0 aliphatic rings. The van der Waals surface area contributed by atoms with E-state index in [0.29, 0.717) is 23.4 Å². The first kappa shape index (κ1) is 11.4. The molecule has 2 aromatic rings. The first-order valence-corrected chi connectivity index (χ1v) is 5.25. The number of carbonyl (C=O) groups is 1. The number of hydrogen-bond acceptors (Lipinski definition) is 4. The van der Waals surface area contributed by atoms with Gasteiger partial charge in [0, 0.05) is 24.5 Å². The van der Waals surface area contributed by atoms with Crippen molar-refractivity contribution in [2.45, 2.75) is 20.3 Å². The minimum atomic E-state index is -0.435. The number of nitrogens with zero attached hydrogens (tertiary/aromatic N) is 2. The van der Waals surface area contributed by atoms with Crippen molar-refractivity contribution >= 4 is 5.78 Å². The van der Waals surface area contributed by atoms with Gasteiger partial charge in [-0.1, -0.05) is 12.1 Å². The van der Waals surface area contributed by atoms with Crippen molar-refractivity contribution in [1.82, 2.24) is 10.1 Å². The minimum Gasteiger partial charge on any atom is -0.339 e. The van der Waals surface area contributed by atoms with Crippen LogP contribution in [-0.2, 0) is 0 Å². The molecule has 4 nitrogen and oxygen atoms in total. The summed E-state index contributed by atoms with van der Waals surface area (Å²) in [6.07, 6.45) is 0.343. The Morgan fingerprint density at radius 3 is 2.82 bits per heavy atom. The van der Waals surface area contributed by atoms with E-state index in [1.807, 2.05) is 0 Å². The van der Waals surface area contributed by atoms with Crippen LogP contribution >= 0.6 is 0 Å². The quantitative estimate of drug-likeness (QED) is 0.766. The topological polar surface area (TPSA) is 56.0 Å². The van der Waals surface area contributed by atoms with Crippen molar-refractivity contribution in [2.75, 3.05) is 0 Å². The average Bonchev–Trinajstić information content (AvgIpc) is 2.75. The fraction of sp³-hybridized carbons (Fsp3) is 0.250. The Kier molecular flexibility index (Phi) is 2.99. The molecule has 0 saturated carbocycles. The number of Topliss-reactive ketones (excluding diaryl/α,β-unsaturated/α-hetero) is 1. The van der Waals surface area contributed by atoms with Crippen molar-refractivity contribution in [3.05, 3.63) is 35.5 Å². The molecule has 1 aromatic heterocycles. The smallest absolute Gasteiger partial charge is 0.223 e. The Bertz CT molecular complexity index is 563. The number of rotatable bonds is 3. The standard InChI is InChI=1S/C12H11FN2O2/c1-3-11(16)9-5-4-8(13)6-10(9)12-14-7(2)17-15-12/h4-6H,3H2,1-2H3. The van der Waals surface area contributed by atoms with Crippen LogP contribution in [0, 0.1) is 12.7 Å². The monoisotopic (exact) mass is 234 g/mol. The lowest BCUT2D eigenvalue weighted by Crippen LogP contribution is -2.01. The predicted octanol–water partition coefficient (Wildman–Crippen LogP) is 2.78. The molecule has 0 radical (unpaired) electrons. The summed E-state index contributed by atoms with van der Waals surface area (Å²) < 4.78 is 18.0. The zero-order valence-corrected chi connectivity index (χ0v) is 9.53. The number of aryl methyl sites for hydroxylation is 1. The summed E-state index contributed by atoms with van der Waals surface area (Å²) >= 11 is 0.